The molecule has 3 rings (SSSR count). The summed E-state index contributed by atoms with van der Waals surface area (Å²) in [6, 6.07) is 17.4. The molecule has 0 spiro atoms. The van der Waals surface area contributed by atoms with E-state index in [1.54, 1.807) is 28.6 Å². The molecule has 7 heteroatoms. The fourth-order valence-electron chi connectivity index (χ4n) is 3.36. The highest BCUT2D eigenvalue weighted by Gasteiger charge is 2.33. The highest BCUT2D eigenvalue weighted by Crippen LogP contribution is 2.26. The summed E-state index contributed by atoms with van der Waals surface area (Å²) in [6.07, 6.45) is 3.27. The van der Waals surface area contributed by atoms with Gasteiger partial charge in [-0.2, -0.15) is 4.31 Å². The molecular weight excluding hydrogens is 362 g/mol. The predicted octanol–water partition coefficient (Wildman–Crippen LogP) is 3.44. The van der Waals surface area contributed by atoms with Crippen molar-refractivity contribution in [1.82, 2.24) is 9.62 Å². The van der Waals surface area contributed by atoms with Crippen molar-refractivity contribution in [1.29, 1.82) is 0 Å². The summed E-state index contributed by atoms with van der Waals surface area (Å²) < 4.78 is 27.5. The van der Waals surface area contributed by atoms with Crippen LogP contribution in [0.2, 0.25) is 0 Å². The molecule has 2 aromatic carbocycles. The van der Waals surface area contributed by atoms with Crippen LogP contribution in [0.25, 0.3) is 0 Å². The molecule has 6 nitrogen and oxygen atoms in total. The second kappa shape index (κ2) is 9.01. The Balaban J connectivity index is 1.57. The Morgan fingerprint density at radius 2 is 1.67 bits per heavy atom. The second-order valence-corrected chi connectivity index (χ2v) is 8.50. The summed E-state index contributed by atoms with van der Waals surface area (Å²) in [5.41, 5.74) is 0.723. The molecule has 1 fully saturated rings. The van der Waals surface area contributed by atoms with Crippen molar-refractivity contribution in [2.75, 3.05) is 18.4 Å². The molecular formula is C20H25N3O3S. The molecule has 0 aromatic heterocycles. The molecule has 144 valence electrons. The highest BCUT2D eigenvalue weighted by atomic mass is 32.2. The molecule has 1 aliphatic rings. The molecule has 1 saturated heterocycles. The van der Waals surface area contributed by atoms with Crippen LogP contribution in [-0.2, 0) is 10.0 Å². The van der Waals surface area contributed by atoms with Gasteiger partial charge in [-0.05, 0) is 43.5 Å². The molecule has 1 atom stereocenters. The minimum Gasteiger partial charge on any atom is -0.338 e. The van der Waals surface area contributed by atoms with E-state index in [9.17, 15) is 13.2 Å². The Kier molecular flexibility index (Phi) is 6.47. The van der Waals surface area contributed by atoms with E-state index in [1.165, 1.54) is 0 Å². The van der Waals surface area contributed by atoms with Crippen LogP contribution < -0.4 is 10.6 Å². The lowest BCUT2D eigenvalue weighted by molar-refractivity contribution is 0.234. The SMILES string of the molecule is O=C(NCC[C@H]1CCCCN1S(=O)(=O)c1ccccc1)Nc1ccccc1. The Bertz CT molecular complexity index is 841. The fourth-order valence-corrected chi connectivity index (χ4v) is 5.10. The zero-order chi connectivity index (χ0) is 19.1. The van der Waals surface area contributed by atoms with E-state index in [2.05, 4.69) is 10.6 Å². The average Bonchev–Trinajstić information content (AvgIpc) is 2.70. The van der Waals surface area contributed by atoms with Gasteiger partial charge in [0.05, 0.1) is 4.90 Å². The lowest BCUT2D eigenvalue weighted by atomic mass is 10.0. The maximum Gasteiger partial charge on any atom is 0.319 e. The monoisotopic (exact) mass is 387 g/mol. The molecule has 2 N–H and O–H groups in total. The zero-order valence-corrected chi connectivity index (χ0v) is 16.0. The molecule has 0 unspecified atom stereocenters. The first-order chi connectivity index (χ1) is 13.1. The van der Waals surface area contributed by atoms with Gasteiger partial charge < -0.3 is 10.6 Å². The number of amides is 2. The Morgan fingerprint density at radius 1 is 1.00 bits per heavy atom. The minimum absolute atomic E-state index is 0.0963. The van der Waals surface area contributed by atoms with Crippen LogP contribution in [0.5, 0.6) is 0 Å². The second-order valence-electron chi connectivity index (χ2n) is 6.61. The predicted molar refractivity (Wildman–Crippen MR) is 106 cm³/mol. The van der Waals surface area contributed by atoms with Gasteiger partial charge in [0, 0.05) is 24.8 Å². The molecule has 0 aliphatic carbocycles. The van der Waals surface area contributed by atoms with E-state index < -0.39 is 10.0 Å². The van der Waals surface area contributed by atoms with Crippen LogP contribution in [0.3, 0.4) is 0 Å². The Morgan fingerprint density at radius 3 is 2.37 bits per heavy atom. The smallest absolute Gasteiger partial charge is 0.319 e. The number of nitrogens with zero attached hydrogens (tertiary/aromatic N) is 1. The van der Waals surface area contributed by atoms with Crippen LogP contribution in [-0.4, -0.2) is 37.9 Å². The lowest BCUT2D eigenvalue weighted by Crippen LogP contribution is -2.45. The van der Waals surface area contributed by atoms with E-state index in [4.69, 9.17) is 0 Å². The van der Waals surface area contributed by atoms with Crippen molar-refractivity contribution in [3.8, 4) is 0 Å². The van der Waals surface area contributed by atoms with E-state index in [0.717, 1.165) is 24.9 Å². The van der Waals surface area contributed by atoms with Gasteiger partial charge in [0.2, 0.25) is 10.0 Å². The van der Waals surface area contributed by atoms with Gasteiger partial charge in [-0.25, -0.2) is 13.2 Å². The van der Waals surface area contributed by atoms with Gasteiger partial charge in [-0.3, -0.25) is 0 Å². The van der Waals surface area contributed by atoms with Gasteiger partial charge in [-0.1, -0.05) is 42.8 Å². The van der Waals surface area contributed by atoms with Crippen LogP contribution in [0, 0.1) is 0 Å². The van der Waals surface area contributed by atoms with Crippen molar-refractivity contribution in [2.45, 2.75) is 36.6 Å². The normalized spacial score (nSPS) is 18.0. The minimum atomic E-state index is -3.51. The van der Waals surface area contributed by atoms with Gasteiger partial charge >= 0.3 is 6.03 Å². The quantitative estimate of drug-likeness (QED) is 0.797. The number of hydrogen-bond acceptors (Lipinski definition) is 3. The fraction of sp³-hybridized carbons (Fsp3) is 0.350. The average molecular weight is 388 g/mol. The lowest BCUT2D eigenvalue weighted by Gasteiger charge is -2.34. The molecule has 2 amide bonds. The maximum absolute atomic E-state index is 13.0. The summed E-state index contributed by atoms with van der Waals surface area (Å²) in [5, 5.41) is 5.58. The number of carbonyl (C=O) groups is 1. The van der Waals surface area contributed by atoms with Gasteiger partial charge in [0.15, 0.2) is 0 Å². The van der Waals surface area contributed by atoms with E-state index in [0.29, 0.717) is 24.4 Å². The number of hydrogen-bond donors (Lipinski definition) is 2. The number of piperidine rings is 1. The zero-order valence-electron chi connectivity index (χ0n) is 15.2. The summed E-state index contributed by atoms with van der Waals surface area (Å²) in [7, 11) is -3.51. The Labute approximate surface area is 160 Å². The third-order valence-electron chi connectivity index (χ3n) is 4.72. The number of para-hydroxylation sites is 1. The molecule has 27 heavy (non-hydrogen) atoms. The standard InChI is InChI=1S/C20H25N3O3S/c24-20(22-17-9-3-1-4-10-17)21-15-14-18-11-7-8-16-23(18)27(25,26)19-12-5-2-6-13-19/h1-6,9-10,12-13,18H,7-8,11,14-16H2,(H2,21,22,24)/t18-/m1/s1. The number of sulfonamides is 1. The highest BCUT2D eigenvalue weighted by molar-refractivity contribution is 7.89. The van der Waals surface area contributed by atoms with E-state index >= 15 is 0 Å². The molecule has 2 aromatic rings. The van der Waals surface area contributed by atoms with Crippen molar-refractivity contribution < 1.29 is 13.2 Å². The number of carbonyl (C=O) groups excluding carboxylic acids is 1. The number of rotatable bonds is 6. The molecule has 0 saturated carbocycles. The number of benzene rings is 2. The third kappa shape index (κ3) is 5.08. The van der Waals surface area contributed by atoms with Crippen LogP contribution in [0.4, 0.5) is 10.5 Å². The van der Waals surface area contributed by atoms with Gasteiger partial charge in [-0.15, -0.1) is 0 Å². The molecule has 1 heterocycles. The van der Waals surface area contributed by atoms with Gasteiger partial charge in [0.1, 0.15) is 0 Å². The first kappa shape index (κ1) is 19.4. The van der Waals surface area contributed by atoms with E-state index in [1.807, 2.05) is 36.4 Å². The van der Waals surface area contributed by atoms with E-state index in [-0.39, 0.29) is 12.1 Å². The summed E-state index contributed by atoms with van der Waals surface area (Å²) in [6.45, 7) is 0.947. The number of anilines is 1. The van der Waals surface area contributed by atoms with Crippen molar-refractivity contribution in [2.24, 2.45) is 0 Å². The third-order valence-corrected chi connectivity index (χ3v) is 6.68. The van der Waals surface area contributed by atoms with Crippen molar-refractivity contribution in [3.63, 3.8) is 0 Å². The van der Waals surface area contributed by atoms with Crippen LogP contribution in [0.1, 0.15) is 25.7 Å². The summed E-state index contributed by atoms with van der Waals surface area (Å²) in [4.78, 5) is 12.3. The van der Waals surface area contributed by atoms with Gasteiger partial charge in [0.25, 0.3) is 0 Å². The molecule has 1 aliphatic heterocycles. The molecule has 0 bridgehead atoms. The maximum atomic E-state index is 13.0. The van der Waals surface area contributed by atoms with Crippen molar-refractivity contribution in [3.05, 3.63) is 60.7 Å². The first-order valence-corrected chi connectivity index (χ1v) is 10.7. The summed E-state index contributed by atoms with van der Waals surface area (Å²) in [5.74, 6) is 0. The number of urea groups is 1. The summed E-state index contributed by atoms with van der Waals surface area (Å²) >= 11 is 0. The largest absolute Gasteiger partial charge is 0.338 e. The topological polar surface area (TPSA) is 78.5 Å². The number of nitrogens with one attached hydrogen (secondary N) is 2. The van der Waals surface area contributed by atoms with Crippen LogP contribution in [0.15, 0.2) is 65.6 Å². The van der Waals surface area contributed by atoms with Crippen LogP contribution >= 0.6 is 0 Å². The molecule has 0 radical (unpaired) electrons. The van der Waals surface area contributed by atoms with Crippen molar-refractivity contribution >= 4 is 21.7 Å². The first-order valence-electron chi connectivity index (χ1n) is 9.24. The Hall–Kier alpha value is -2.38.